The van der Waals surface area contributed by atoms with Gasteiger partial charge in [0.2, 0.25) is 17.8 Å². The number of benzene rings is 11. The first kappa shape index (κ1) is 43.1. The predicted molar refractivity (Wildman–Crippen MR) is 315 cm³/mol. The average molecular weight is 984 g/mol. The van der Waals surface area contributed by atoms with Crippen LogP contribution in [0.15, 0.2) is 273 Å². The second-order valence-electron chi connectivity index (χ2n) is 19.9. The van der Waals surface area contributed by atoms with Gasteiger partial charge in [0.25, 0.3) is 0 Å². The Morgan fingerprint density at radius 3 is 1.04 bits per heavy atom. The minimum absolute atomic E-state index is 0.500. The van der Waals surface area contributed by atoms with Crippen LogP contribution in [-0.2, 0) is 5.41 Å². The van der Waals surface area contributed by atoms with Gasteiger partial charge in [0.15, 0.2) is 0 Å². The Labute approximate surface area is 442 Å². The van der Waals surface area contributed by atoms with Gasteiger partial charge < -0.3 is 4.57 Å². The summed E-state index contributed by atoms with van der Waals surface area (Å²) in [6, 6.07) is 98.3. The van der Waals surface area contributed by atoms with Crippen LogP contribution in [0, 0.1) is 0 Å². The van der Waals surface area contributed by atoms with Crippen molar-refractivity contribution in [1.82, 2.24) is 33.2 Å². The van der Waals surface area contributed by atoms with E-state index in [4.69, 9.17) is 15.0 Å². The molecule has 0 spiro atoms. The molecule has 0 saturated heterocycles. The third kappa shape index (κ3) is 6.22. The van der Waals surface area contributed by atoms with Crippen molar-refractivity contribution < 1.29 is 0 Å². The molecule has 0 saturated carbocycles. The zero-order valence-electron chi connectivity index (χ0n) is 41.6. The van der Waals surface area contributed by atoms with Gasteiger partial charge in [0.05, 0.1) is 49.5 Å². The Morgan fingerprint density at radius 1 is 0.234 bits per heavy atom. The fourth-order valence-electron chi connectivity index (χ4n) is 12.8. The van der Waals surface area contributed by atoms with Gasteiger partial charge >= 0.3 is 0 Å². The molecule has 0 amide bonds. The fourth-order valence-corrected chi connectivity index (χ4v) is 12.8. The van der Waals surface area contributed by atoms with E-state index in [1.165, 1.54) is 0 Å². The van der Waals surface area contributed by atoms with Crippen molar-refractivity contribution >= 4 is 87.2 Å². The summed E-state index contributed by atoms with van der Waals surface area (Å²) in [5, 5.41) is 8.92. The third-order valence-electron chi connectivity index (χ3n) is 16.0. The molecule has 0 bridgehead atoms. The summed E-state index contributed by atoms with van der Waals surface area (Å²) in [6.45, 7) is 0. The highest BCUT2D eigenvalue weighted by Gasteiger charge is 2.39. The largest absolute Gasteiger partial charge is 0.309 e. The van der Waals surface area contributed by atoms with Crippen LogP contribution in [0.4, 0.5) is 0 Å². The number of hydrogen-bond donors (Lipinski definition) is 0. The molecule has 0 N–H and O–H groups in total. The molecular weight excluding hydrogens is 939 g/mol. The molecule has 7 heteroatoms. The lowest BCUT2D eigenvalue weighted by Gasteiger charge is -2.37. The van der Waals surface area contributed by atoms with Crippen molar-refractivity contribution in [3.63, 3.8) is 0 Å². The Morgan fingerprint density at radius 2 is 0.584 bits per heavy atom. The summed E-state index contributed by atoms with van der Waals surface area (Å²) in [5.74, 6) is 1.53. The Bertz CT molecular complexity index is 4640. The van der Waals surface area contributed by atoms with E-state index in [0.717, 1.165) is 115 Å². The van der Waals surface area contributed by atoms with Crippen LogP contribution in [0.3, 0.4) is 0 Å². The maximum absolute atomic E-state index is 5.79. The number of hydrogen-bond acceptors (Lipinski definition) is 3. The molecule has 5 aromatic heterocycles. The number of aromatic nitrogens is 7. The molecule has 0 radical (unpaired) electrons. The number of fused-ring (bicyclic) bond motifs is 13. The first-order valence-electron chi connectivity index (χ1n) is 26.2. The van der Waals surface area contributed by atoms with Crippen molar-refractivity contribution in [2.75, 3.05) is 0 Å². The zero-order valence-corrected chi connectivity index (χ0v) is 41.6. The smallest absolute Gasteiger partial charge is 0.241 e. The fraction of sp³-hybridized carbons (Fsp3) is 0.0143. The summed E-state index contributed by atoms with van der Waals surface area (Å²) in [7, 11) is 0. The summed E-state index contributed by atoms with van der Waals surface area (Å²) in [4.78, 5) is 17.2. The second kappa shape index (κ2) is 16.8. The predicted octanol–water partition coefficient (Wildman–Crippen LogP) is 16.6. The van der Waals surface area contributed by atoms with Gasteiger partial charge in [-0.1, -0.05) is 218 Å². The maximum Gasteiger partial charge on any atom is 0.241 e. The van der Waals surface area contributed by atoms with Crippen LogP contribution in [0.25, 0.3) is 111 Å². The van der Waals surface area contributed by atoms with E-state index < -0.39 is 5.41 Å². The van der Waals surface area contributed by atoms with E-state index in [0.29, 0.717) is 17.8 Å². The van der Waals surface area contributed by atoms with E-state index in [1.807, 2.05) is 0 Å². The number of nitrogens with zero attached hydrogens (tertiary/aromatic N) is 7. The maximum atomic E-state index is 5.79. The molecule has 0 fully saturated rings. The lowest BCUT2D eigenvalue weighted by atomic mass is 9.65. The van der Waals surface area contributed by atoms with E-state index in [1.54, 1.807) is 0 Å². The van der Waals surface area contributed by atoms with Crippen LogP contribution in [-0.4, -0.2) is 33.2 Å². The molecule has 0 aliphatic heterocycles. The zero-order chi connectivity index (χ0) is 50.6. The van der Waals surface area contributed by atoms with Crippen LogP contribution in [0.1, 0.15) is 22.3 Å². The van der Waals surface area contributed by atoms with E-state index in [9.17, 15) is 0 Å². The number of para-hydroxylation sites is 6. The normalized spacial score (nSPS) is 12.2. The molecule has 0 aliphatic carbocycles. The second-order valence-corrected chi connectivity index (χ2v) is 19.9. The lowest BCUT2D eigenvalue weighted by Crippen LogP contribution is -2.31. The van der Waals surface area contributed by atoms with E-state index in [2.05, 4.69) is 291 Å². The molecule has 11 aromatic carbocycles. The van der Waals surface area contributed by atoms with Gasteiger partial charge in [-0.05, 0) is 76.9 Å². The molecule has 16 rings (SSSR count). The van der Waals surface area contributed by atoms with Crippen LogP contribution in [0.2, 0.25) is 0 Å². The van der Waals surface area contributed by atoms with Crippen LogP contribution < -0.4 is 0 Å². The monoisotopic (exact) mass is 983 g/mol. The summed E-state index contributed by atoms with van der Waals surface area (Å²) in [6.07, 6.45) is 0. The number of rotatable bonds is 8. The SMILES string of the molecule is c1ccc(-n2c3ccccc3c3c2ccc2c4ccc(C(c5ccccc5)(c5ccccc5)c5ccccc5)cc4n(-c4nc(-n5c6ccccc6c6ccccc65)nc(-n5c6ccccc6c6ccccc65)n4)c23)cc1. The van der Waals surface area contributed by atoms with Gasteiger partial charge in [-0.2, -0.15) is 15.0 Å². The van der Waals surface area contributed by atoms with Crippen molar-refractivity contribution in [3.05, 3.63) is 295 Å². The highest BCUT2D eigenvalue weighted by molar-refractivity contribution is 6.26. The first-order valence-corrected chi connectivity index (χ1v) is 26.2. The molecule has 360 valence electrons. The first-order chi connectivity index (χ1) is 38.2. The lowest BCUT2D eigenvalue weighted by molar-refractivity contribution is 0.745. The van der Waals surface area contributed by atoms with E-state index in [-0.39, 0.29) is 0 Å². The van der Waals surface area contributed by atoms with Gasteiger partial charge in [0, 0.05) is 48.8 Å². The molecule has 77 heavy (non-hydrogen) atoms. The van der Waals surface area contributed by atoms with Crippen molar-refractivity contribution in [1.29, 1.82) is 0 Å². The van der Waals surface area contributed by atoms with Gasteiger partial charge in [-0.3, -0.25) is 13.7 Å². The minimum atomic E-state index is -0.723. The average Bonchev–Trinajstić information content (AvgIpc) is 4.41. The molecule has 0 unspecified atom stereocenters. The third-order valence-corrected chi connectivity index (χ3v) is 16.0. The molecule has 5 heterocycles. The van der Waals surface area contributed by atoms with Crippen LogP contribution >= 0.6 is 0 Å². The Hall–Kier alpha value is -10.4. The molecule has 0 atom stereocenters. The van der Waals surface area contributed by atoms with E-state index >= 15 is 0 Å². The van der Waals surface area contributed by atoms with Crippen molar-refractivity contribution in [2.45, 2.75) is 5.41 Å². The Balaban J connectivity index is 1.11. The molecule has 7 nitrogen and oxygen atoms in total. The standard InChI is InChI=1S/C70H45N7/c1-5-23-46(24-6-1)70(47-25-7-2-8-26-47,48-27-9-3-10-28-48)49-41-42-55-56-43-44-63-65(57-35-17-22-40-62(57)74(63)50-29-11-4-12-30-50)66(56)77(64(55)45-49)69-72-67(75-58-36-18-13-31-51(58)52-32-14-19-37-59(52)75)71-68(73-69)76-60-38-20-15-33-53(60)54-34-16-21-39-61(54)76/h1-45H. The molecule has 16 aromatic rings. The molecular formula is C70H45N7. The summed E-state index contributed by atoms with van der Waals surface area (Å²) in [5.41, 5.74) is 13.2. The quantitative estimate of drug-likeness (QED) is 0.143. The highest BCUT2D eigenvalue weighted by Crippen LogP contribution is 2.48. The molecule has 0 aliphatic rings. The van der Waals surface area contributed by atoms with Crippen LogP contribution in [0.5, 0.6) is 0 Å². The Kier molecular flexibility index (Phi) is 9.41. The van der Waals surface area contributed by atoms with Crippen molar-refractivity contribution in [3.8, 4) is 23.5 Å². The highest BCUT2D eigenvalue weighted by atomic mass is 15.3. The van der Waals surface area contributed by atoms with Crippen molar-refractivity contribution in [2.24, 2.45) is 0 Å². The van der Waals surface area contributed by atoms with Gasteiger partial charge in [-0.15, -0.1) is 0 Å². The minimum Gasteiger partial charge on any atom is -0.309 e. The summed E-state index contributed by atoms with van der Waals surface area (Å²) < 4.78 is 9.17. The summed E-state index contributed by atoms with van der Waals surface area (Å²) >= 11 is 0. The topological polar surface area (TPSA) is 58.4 Å². The van der Waals surface area contributed by atoms with Gasteiger partial charge in [0.1, 0.15) is 0 Å². The van der Waals surface area contributed by atoms with Gasteiger partial charge in [-0.25, -0.2) is 0 Å².